The summed E-state index contributed by atoms with van der Waals surface area (Å²) >= 11 is 0. The lowest BCUT2D eigenvalue weighted by atomic mass is 10.1. The van der Waals surface area contributed by atoms with E-state index in [2.05, 4.69) is 54.8 Å². The first-order valence-electron chi connectivity index (χ1n) is 8.39. The summed E-state index contributed by atoms with van der Waals surface area (Å²) in [7, 11) is 0. The summed E-state index contributed by atoms with van der Waals surface area (Å²) in [4.78, 5) is 0. The minimum Gasteiger partial charge on any atom is -0.461 e. The number of aromatic nitrogens is 1. The quantitative estimate of drug-likeness (QED) is 0.354. The molecule has 0 saturated carbocycles. The van der Waals surface area contributed by atoms with Crippen LogP contribution >= 0.6 is 0 Å². The third kappa shape index (κ3) is 1.72. The van der Waals surface area contributed by atoms with Gasteiger partial charge in [0.15, 0.2) is 0 Å². The van der Waals surface area contributed by atoms with Crippen molar-refractivity contribution in [3.05, 3.63) is 47.9 Å². The molecule has 0 unspecified atom stereocenters. The molecule has 3 heterocycles. The normalized spacial score (nSPS) is 12.5. The molecule has 120 valence electrons. The van der Waals surface area contributed by atoms with E-state index in [0.29, 0.717) is 6.04 Å². The molecule has 0 radical (unpaired) electrons. The van der Waals surface area contributed by atoms with Crippen LogP contribution in [0.25, 0.3) is 43.7 Å². The Bertz CT molecular complexity index is 1150. The molecule has 0 spiro atoms. The molecule has 3 aromatic heterocycles. The van der Waals surface area contributed by atoms with Crippen LogP contribution in [0.2, 0.25) is 0 Å². The highest BCUT2D eigenvalue weighted by Gasteiger charge is 2.17. The Morgan fingerprint density at radius 3 is 1.58 bits per heavy atom. The highest BCUT2D eigenvalue weighted by atomic mass is 16.3. The Hall–Kier alpha value is -2.68. The number of rotatable bonds is 1. The Morgan fingerprint density at radius 2 is 1.17 bits per heavy atom. The number of hydrogen-bond donors (Lipinski definition) is 0. The molecule has 5 aromatic rings. The molecule has 0 bridgehead atoms. The Kier molecular flexibility index (Phi) is 2.54. The largest absolute Gasteiger partial charge is 0.461 e. The van der Waals surface area contributed by atoms with E-state index < -0.39 is 0 Å². The van der Waals surface area contributed by atoms with E-state index in [1.54, 1.807) is 0 Å². The monoisotopic (exact) mass is 317 g/mol. The predicted molar refractivity (Wildman–Crippen MR) is 98.8 cm³/mol. The first-order valence-corrected chi connectivity index (χ1v) is 8.39. The molecule has 0 aliphatic carbocycles. The van der Waals surface area contributed by atoms with Crippen LogP contribution in [-0.2, 0) is 0 Å². The average Bonchev–Trinajstić information content (AvgIpc) is 3.13. The Labute approximate surface area is 139 Å². The highest BCUT2D eigenvalue weighted by molar-refractivity contribution is 6.15. The van der Waals surface area contributed by atoms with Crippen molar-refractivity contribution in [2.75, 3.05) is 0 Å². The fraction of sp³-hybridized carbons (Fsp3) is 0.238. The second-order valence-electron chi connectivity index (χ2n) is 6.99. The molecule has 0 atom stereocenters. The van der Waals surface area contributed by atoms with Gasteiger partial charge in [-0.3, -0.25) is 0 Å². The van der Waals surface area contributed by atoms with Crippen LogP contribution in [0.5, 0.6) is 0 Å². The fourth-order valence-corrected chi connectivity index (χ4v) is 3.93. The molecule has 0 fully saturated rings. The SMILES string of the molecule is Cc1cc2cc3c(cc2o1)c1cc2oc(C)cc2cc1n3C(C)C. The molecule has 24 heavy (non-hydrogen) atoms. The van der Waals surface area contributed by atoms with Crippen molar-refractivity contribution in [3.63, 3.8) is 0 Å². The number of fused-ring (bicyclic) bond motifs is 5. The molecule has 0 amide bonds. The van der Waals surface area contributed by atoms with Gasteiger partial charge in [-0.25, -0.2) is 0 Å². The van der Waals surface area contributed by atoms with E-state index in [0.717, 1.165) is 33.5 Å². The molecule has 2 aromatic carbocycles. The van der Waals surface area contributed by atoms with Crippen molar-refractivity contribution in [1.82, 2.24) is 4.57 Å². The smallest absolute Gasteiger partial charge is 0.135 e. The van der Waals surface area contributed by atoms with Crippen molar-refractivity contribution in [1.29, 1.82) is 0 Å². The first-order chi connectivity index (χ1) is 11.5. The van der Waals surface area contributed by atoms with E-state index >= 15 is 0 Å². The lowest BCUT2D eigenvalue weighted by Gasteiger charge is -2.11. The molecule has 5 rings (SSSR count). The van der Waals surface area contributed by atoms with Crippen LogP contribution in [-0.4, -0.2) is 4.57 Å². The van der Waals surface area contributed by atoms with E-state index in [1.807, 2.05) is 13.8 Å². The molecule has 0 saturated heterocycles. The average molecular weight is 317 g/mol. The van der Waals surface area contributed by atoms with Crippen LogP contribution in [0.3, 0.4) is 0 Å². The summed E-state index contributed by atoms with van der Waals surface area (Å²) in [5.41, 5.74) is 4.38. The predicted octanol–water partition coefficient (Wildman–Crippen LogP) is 6.48. The van der Waals surface area contributed by atoms with Gasteiger partial charge < -0.3 is 13.4 Å². The van der Waals surface area contributed by atoms with Gasteiger partial charge in [0, 0.05) is 27.6 Å². The zero-order valence-electron chi connectivity index (χ0n) is 14.3. The maximum absolute atomic E-state index is 5.85. The number of benzene rings is 2. The molecule has 3 heteroatoms. The van der Waals surface area contributed by atoms with Gasteiger partial charge in [0.2, 0.25) is 0 Å². The third-order valence-corrected chi connectivity index (χ3v) is 4.84. The molecular formula is C21H19NO2. The molecule has 3 nitrogen and oxygen atoms in total. The van der Waals surface area contributed by atoms with Gasteiger partial charge in [0.1, 0.15) is 22.7 Å². The molecule has 0 N–H and O–H groups in total. The van der Waals surface area contributed by atoms with Gasteiger partial charge in [-0.1, -0.05) is 0 Å². The summed E-state index contributed by atoms with van der Waals surface area (Å²) in [5.74, 6) is 1.89. The van der Waals surface area contributed by atoms with Gasteiger partial charge in [0.05, 0.1) is 11.0 Å². The number of hydrogen-bond acceptors (Lipinski definition) is 2. The molecule has 0 aliphatic rings. The summed E-state index contributed by atoms with van der Waals surface area (Å²) in [6.45, 7) is 8.45. The van der Waals surface area contributed by atoms with Crippen LogP contribution in [0.4, 0.5) is 0 Å². The van der Waals surface area contributed by atoms with Crippen LogP contribution in [0.1, 0.15) is 31.4 Å². The summed E-state index contributed by atoms with van der Waals surface area (Å²) in [6, 6.07) is 13.4. The second-order valence-corrected chi connectivity index (χ2v) is 6.99. The summed E-state index contributed by atoms with van der Waals surface area (Å²) < 4.78 is 14.1. The van der Waals surface area contributed by atoms with Crippen molar-refractivity contribution in [3.8, 4) is 0 Å². The zero-order chi connectivity index (χ0) is 16.6. The Balaban J connectivity index is 2.03. The Morgan fingerprint density at radius 1 is 0.708 bits per heavy atom. The fourth-order valence-electron chi connectivity index (χ4n) is 3.93. The number of aryl methyl sites for hydroxylation is 2. The van der Waals surface area contributed by atoms with Crippen LogP contribution in [0, 0.1) is 13.8 Å². The van der Waals surface area contributed by atoms with Gasteiger partial charge in [0.25, 0.3) is 0 Å². The lowest BCUT2D eigenvalue weighted by molar-refractivity contribution is 0.578. The number of nitrogens with zero attached hydrogens (tertiary/aromatic N) is 1. The topological polar surface area (TPSA) is 31.2 Å². The molecular weight excluding hydrogens is 298 g/mol. The van der Waals surface area contributed by atoms with Gasteiger partial charge in [-0.2, -0.15) is 0 Å². The minimum atomic E-state index is 0.376. The number of furan rings is 2. The molecule has 0 aliphatic heterocycles. The highest BCUT2D eigenvalue weighted by Crippen LogP contribution is 2.37. The van der Waals surface area contributed by atoms with Crippen LogP contribution < -0.4 is 0 Å². The van der Waals surface area contributed by atoms with Crippen LogP contribution in [0.15, 0.2) is 45.2 Å². The minimum absolute atomic E-state index is 0.376. The van der Waals surface area contributed by atoms with E-state index in [-0.39, 0.29) is 0 Å². The van der Waals surface area contributed by atoms with Gasteiger partial charge >= 0.3 is 0 Å². The first kappa shape index (κ1) is 13.7. The second kappa shape index (κ2) is 4.44. The van der Waals surface area contributed by atoms with Crippen molar-refractivity contribution >= 4 is 43.7 Å². The van der Waals surface area contributed by atoms with Crippen molar-refractivity contribution < 1.29 is 8.83 Å². The summed E-state index contributed by atoms with van der Waals surface area (Å²) in [5, 5.41) is 4.75. The summed E-state index contributed by atoms with van der Waals surface area (Å²) in [6.07, 6.45) is 0. The van der Waals surface area contributed by atoms with E-state index in [4.69, 9.17) is 8.83 Å². The van der Waals surface area contributed by atoms with E-state index in [9.17, 15) is 0 Å². The zero-order valence-corrected chi connectivity index (χ0v) is 14.3. The van der Waals surface area contributed by atoms with E-state index in [1.165, 1.54) is 21.8 Å². The third-order valence-electron chi connectivity index (χ3n) is 4.84. The van der Waals surface area contributed by atoms with Crippen molar-refractivity contribution in [2.24, 2.45) is 0 Å². The van der Waals surface area contributed by atoms with Gasteiger partial charge in [-0.05, 0) is 64.1 Å². The van der Waals surface area contributed by atoms with Crippen molar-refractivity contribution in [2.45, 2.75) is 33.7 Å². The van der Waals surface area contributed by atoms with Gasteiger partial charge in [-0.15, -0.1) is 0 Å². The lowest BCUT2D eigenvalue weighted by Crippen LogP contribution is -1.99. The maximum Gasteiger partial charge on any atom is 0.135 e. The maximum atomic E-state index is 5.85. The standard InChI is InChI=1S/C21H19NO2/c1-11(2)22-18-7-14-5-12(3)23-20(14)9-16(18)17-10-21-15(8-19(17)22)6-13(4)24-21/h5-11H,1-4H3.